The molecule has 1 aromatic carbocycles. The van der Waals surface area contributed by atoms with E-state index in [1.165, 1.54) is 6.20 Å². The lowest BCUT2D eigenvalue weighted by Gasteiger charge is -2.15. The van der Waals surface area contributed by atoms with Gasteiger partial charge in [-0.25, -0.2) is 9.89 Å². The summed E-state index contributed by atoms with van der Waals surface area (Å²) in [4.78, 5) is 24.2. The second kappa shape index (κ2) is 6.56. The van der Waals surface area contributed by atoms with E-state index < -0.39 is 17.1 Å². The molecule has 2 heterocycles. The fraction of sp³-hybridized carbons (Fsp3) is 0.188. The average Bonchev–Trinajstić information content (AvgIpc) is 3.13. The van der Waals surface area contributed by atoms with Gasteiger partial charge in [0, 0.05) is 16.9 Å². The van der Waals surface area contributed by atoms with Gasteiger partial charge in [0.05, 0.1) is 12.8 Å². The van der Waals surface area contributed by atoms with Crippen molar-refractivity contribution in [3.8, 4) is 22.8 Å². The Hall–Kier alpha value is -3.49. The lowest BCUT2D eigenvalue weighted by molar-refractivity contribution is 0.0522. The first-order valence-corrected chi connectivity index (χ1v) is 7.49. The first-order chi connectivity index (χ1) is 12.0. The first-order valence-electron chi connectivity index (χ1n) is 7.49. The van der Waals surface area contributed by atoms with E-state index in [1.807, 2.05) is 0 Å². The molecule has 0 amide bonds. The van der Waals surface area contributed by atoms with Gasteiger partial charge in [0.1, 0.15) is 5.56 Å². The molecule has 0 saturated carbocycles. The van der Waals surface area contributed by atoms with E-state index in [-0.39, 0.29) is 12.2 Å². The van der Waals surface area contributed by atoms with E-state index in [9.17, 15) is 14.7 Å². The van der Waals surface area contributed by atoms with Gasteiger partial charge in [-0.15, -0.1) is 5.10 Å². The van der Waals surface area contributed by atoms with E-state index >= 15 is 0 Å². The number of H-pyrrole nitrogens is 1. The van der Waals surface area contributed by atoms with Crippen LogP contribution < -0.4 is 5.43 Å². The molecular weight excluding hydrogens is 326 g/mol. The van der Waals surface area contributed by atoms with Crippen molar-refractivity contribution in [2.75, 3.05) is 6.61 Å². The van der Waals surface area contributed by atoms with Crippen LogP contribution in [0.25, 0.3) is 17.1 Å². The number of rotatable bonds is 4. The zero-order valence-corrected chi connectivity index (χ0v) is 13.6. The number of pyridine rings is 1. The number of carbonyl (C=O) groups is 1. The Morgan fingerprint density at radius 2 is 2.04 bits per heavy atom. The van der Waals surface area contributed by atoms with Crippen molar-refractivity contribution in [2.45, 2.75) is 13.8 Å². The van der Waals surface area contributed by atoms with Gasteiger partial charge >= 0.3 is 5.97 Å². The molecule has 2 N–H and O–H groups in total. The molecule has 2 aromatic heterocycles. The summed E-state index contributed by atoms with van der Waals surface area (Å²) in [5, 5.41) is 23.4. The van der Waals surface area contributed by atoms with Gasteiger partial charge in [0.25, 0.3) is 0 Å². The number of nitrogens with one attached hydrogen (secondary N) is 1. The van der Waals surface area contributed by atoms with Gasteiger partial charge in [-0.2, -0.15) is 0 Å². The Morgan fingerprint density at radius 1 is 1.32 bits per heavy atom. The number of carbonyl (C=O) groups excluding carboxylic acids is 1. The molecule has 0 atom stereocenters. The zero-order valence-electron chi connectivity index (χ0n) is 13.6. The van der Waals surface area contributed by atoms with Crippen LogP contribution in [0, 0.1) is 6.92 Å². The average molecular weight is 341 g/mol. The number of ether oxygens (including phenoxy) is 1. The highest BCUT2D eigenvalue weighted by atomic mass is 16.5. The first kappa shape index (κ1) is 16.4. The summed E-state index contributed by atoms with van der Waals surface area (Å²) < 4.78 is 6.46. The maximum atomic E-state index is 12.1. The van der Waals surface area contributed by atoms with Crippen molar-refractivity contribution in [2.24, 2.45) is 0 Å². The van der Waals surface area contributed by atoms with Gasteiger partial charge in [0.2, 0.25) is 5.43 Å². The Balaban J connectivity index is 2.08. The maximum Gasteiger partial charge on any atom is 0.344 e. The van der Waals surface area contributed by atoms with Crippen LogP contribution in [-0.2, 0) is 4.74 Å². The number of benzene rings is 1. The van der Waals surface area contributed by atoms with Crippen LogP contribution in [0.15, 0.2) is 35.3 Å². The number of hydrogen-bond acceptors (Lipinski definition) is 7. The maximum absolute atomic E-state index is 12.1. The molecule has 0 spiro atoms. The molecule has 3 rings (SSSR count). The molecule has 25 heavy (non-hydrogen) atoms. The molecule has 0 unspecified atom stereocenters. The van der Waals surface area contributed by atoms with Crippen molar-refractivity contribution >= 4 is 5.97 Å². The summed E-state index contributed by atoms with van der Waals surface area (Å²) >= 11 is 0. The van der Waals surface area contributed by atoms with E-state index in [1.54, 1.807) is 42.7 Å². The summed E-state index contributed by atoms with van der Waals surface area (Å²) in [5.41, 5.74) is 0.842. The monoisotopic (exact) mass is 341 g/mol. The third-order valence-electron chi connectivity index (χ3n) is 3.68. The normalized spacial score (nSPS) is 10.6. The highest BCUT2D eigenvalue weighted by molar-refractivity contribution is 5.91. The lowest BCUT2D eigenvalue weighted by atomic mass is 10.1. The summed E-state index contributed by atoms with van der Waals surface area (Å²) in [7, 11) is 0. The number of aromatic amines is 1. The summed E-state index contributed by atoms with van der Waals surface area (Å²) in [6.07, 6.45) is 1.27. The molecule has 128 valence electrons. The van der Waals surface area contributed by atoms with Crippen molar-refractivity contribution in [3.63, 3.8) is 0 Å². The van der Waals surface area contributed by atoms with E-state index in [2.05, 4.69) is 20.6 Å². The van der Waals surface area contributed by atoms with E-state index in [0.717, 1.165) is 5.56 Å². The van der Waals surface area contributed by atoms with Crippen molar-refractivity contribution in [1.82, 2.24) is 25.2 Å². The predicted molar refractivity (Wildman–Crippen MR) is 87.6 cm³/mol. The minimum Gasteiger partial charge on any atom is -0.503 e. The Morgan fingerprint density at radius 3 is 2.64 bits per heavy atom. The number of nitrogens with zero attached hydrogens (tertiary/aromatic N) is 4. The zero-order chi connectivity index (χ0) is 18.0. The number of esters is 1. The molecule has 0 aliphatic heterocycles. The fourth-order valence-corrected chi connectivity index (χ4v) is 2.46. The summed E-state index contributed by atoms with van der Waals surface area (Å²) in [5.74, 6) is -0.783. The Bertz CT molecular complexity index is 961. The highest BCUT2D eigenvalue weighted by Gasteiger charge is 2.20. The molecule has 0 fully saturated rings. The second-order valence-corrected chi connectivity index (χ2v) is 5.19. The topological polar surface area (TPSA) is 123 Å². The smallest absolute Gasteiger partial charge is 0.344 e. The molecule has 9 nitrogen and oxygen atoms in total. The van der Waals surface area contributed by atoms with Crippen LogP contribution in [0.2, 0.25) is 0 Å². The number of hydrogen-bond donors (Lipinski definition) is 2. The minimum atomic E-state index is -0.765. The third kappa shape index (κ3) is 2.99. The van der Waals surface area contributed by atoms with Crippen molar-refractivity contribution in [1.29, 1.82) is 0 Å². The summed E-state index contributed by atoms with van der Waals surface area (Å²) in [6, 6.07) is 7.06. The van der Waals surface area contributed by atoms with Gasteiger partial charge in [-0.3, -0.25) is 4.79 Å². The Labute approximate surface area is 141 Å². The molecule has 0 saturated heterocycles. The van der Waals surface area contributed by atoms with Crippen molar-refractivity contribution < 1.29 is 14.6 Å². The molecule has 3 aromatic rings. The van der Waals surface area contributed by atoms with E-state index in [0.29, 0.717) is 17.2 Å². The summed E-state index contributed by atoms with van der Waals surface area (Å²) in [6.45, 7) is 3.39. The molecule has 9 heteroatoms. The SMILES string of the molecule is CCOC(=O)c1c(C)n(-c2ccc(-c3nnn[nH]3)cc2)cc(O)c1=O. The third-order valence-corrected chi connectivity index (χ3v) is 3.68. The quantitative estimate of drug-likeness (QED) is 0.684. The van der Waals surface area contributed by atoms with Gasteiger partial charge in [0.15, 0.2) is 11.6 Å². The van der Waals surface area contributed by atoms with Crippen LogP contribution in [-0.4, -0.2) is 42.9 Å². The standard InChI is InChI=1S/C16H15N5O4/c1-3-25-16(24)13-9(2)21(8-12(22)14(13)23)11-6-4-10(5-7-11)15-17-19-20-18-15/h4-8,22H,3H2,1-2H3,(H,17,18,19,20). The van der Waals surface area contributed by atoms with E-state index in [4.69, 9.17) is 4.74 Å². The van der Waals surface area contributed by atoms with Crippen molar-refractivity contribution in [3.05, 3.63) is 51.9 Å². The van der Waals surface area contributed by atoms with Crippen LogP contribution in [0.3, 0.4) is 0 Å². The number of tetrazole rings is 1. The molecule has 0 aliphatic rings. The highest BCUT2D eigenvalue weighted by Crippen LogP contribution is 2.20. The molecule has 0 aliphatic carbocycles. The number of aromatic nitrogens is 5. The lowest BCUT2D eigenvalue weighted by Crippen LogP contribution is -2.22. The minimum absolute atomic E-state index is 0.132. The van der Waals surface area contributed by atoms with Crippen LogP contribution in [0.1, 0.15) is 23.0 Å². The number of aromatic hydroxyl groups is 1. The van der Waals surface area contributed by atoms with Crippen LogP contribution >= 0.6 is 0 Å². The second-order valence-electron chi connectivity index (χ2n) is 5.19. The van der Waals surface area contributed by atoms with Crippen LogP contribution in [0.4, 0.5) is 0 Å². The predicted octanol–water partition coefficient (Wildman–Crippen LogP) is 1.21. The molecule has 0 radical (unpaired) electrons. The largest absolute Gasteiger partial charge is 0.503 e. The molecule has 0 bridgehead atoms. The van der Waals surface area contributed by atoms with Gasteiger partial charge in [-0.1, -0.05) is 0 Å². The fourth-order valence-electron chi connectivity index (χ4n) is 2.46. The van der Waals surface area contributed by atoms with Gasteiger partial charge in [-0.05, 0) is 48.5 Å². The molecular formula is C16H15N5O4. The Kier molecular flexibility index (Phi) is 4.29. The van der Waals surface area contributed by atoms with Gasteiger partial charge < -0.3 is 14.4 Å². The van der Waals surface area contributed by atoms with Crippen LogP contribution in [0.5, 0.6) is 5.75 Å².